The lowest BCUT2D eigenvalue weighted by Crippen LogP contribution is -2.65. The fourth-order valence-corrected chi connectivity index (χ4v) is 13.1. The number of hydrogen-bond acceptors (Lipinski definition) is 5. The van der Waals surface area contributed by atoms with Gasteiger partial charge in [-0.1, -0.05) is 133 Å². The van der Waals surface area contributed by atoms with E-state index in [-0.39, 0.29) is 13.4 Å². The predicted molar refractivity (Wildman–Crippen MR) is 287 cm³/mol. The molecule has 4 nitrogen and oxygen atoms in total. The number of rotatable bonds is 4. The predicted octanol–water partition coefficient (Wildman–Crippen LogP) is 12.2. The van der Waals surface area contributed by atoms with E-state index in [9.17, 15) is 0 Å². The Hall–Kier alpha value is -8.25. The number of fused-ring (bicyclic) bond motifs is 11. The van der Waals surface area contributed by atoms with E-state index in [1.54, 1.807) is 0 Å². The molecule has 0 bridgehead atoms. The molecule has 310 valence electrons. The molecule has 67 heavy (non-hydrogen) atoms. The third-order valence-electron chi connectivity index (χ3n) is 14.6. The van der Waals surface area contributed by atoms with Crippen LogP contribution in [0.3, 0.4) is 0 Å². The Balaban J connectivity index is 1.07. The summed E-state index contributed by atoms with van der Waals surface area (Å²) in [7, 11) is 0. The zero-order valence-electron chi connectivity index (χ0n) is 36.3. The summed E-state index contributed by atoms with van der Waals surface area (Å²) >= 11 is 1.89. The van der Waals surface area contributed by atoms with Crippen LogP contribution in [0.1, 0.15) is 0 Å². The Bertz CT molecular complexity index is 3800. The van der Waals surface area contributed by atoms with Gasteiger partial charge < -0.3 is 19.6 Å². The summed E-state index contributed by atoms with van der Waals surface area (Å²) in [5, 5.41) is 2.63. The van der Waals surface area contributed by atoms with E-state index >= 15 is 0 Å². The molecule has 0 amide bonds. The van der Waals surface area contributed by atoms with Gasteiger partial charge in [0, 0.05) is 83.0 Å². The fourth-order valence-electron chi connectivity index (χ4n) is 11.9. The van der Waals surface area contributed by atoms with Crippen molar-refractivity contribution in [1.82, 2.24) is 0 Å². The maximum atomic E-state index is 2.62. The van der Waals surface area contributed by atoms with Crippen molar-refractivity contribution in [3.8, 4) is 0 Å². The van der Waals surface area contributed by atoms with Crippen molar-refractivity contribution < 1.29 is 0 Å². The minimum absolute atomic E-state index is 0.0170. The molecule has 5 heterocycles. The second kappa shape index (κ2) is 14.1. The molecule has 0 fully saturated rings. The Morgan fingerprint density at radius 3 is 1.16 bits per heavy atom. The normalized spacial score (nSPS) is 13.8. The lowest BCUT2D eigenvalue weighted by atomic mass is 9.30. The maximum absolute atomic E-state index is 2.62. The van der Waals surface area contributed by atoms with Crippen LogP contribution in [0.2, 0.25) is 0 Å². The summed E-state index contributed by atoms with van der Waals surface area (Å²) in [5.41, 5.74) is 22.2. The minimum atomic E-state index is -0.0500. The van der Waals surface area contributed by atoms with Crippen LogP contribution >= 0.6 is 11.3 Å². The molecule has 11 aromatic rings. The van der Waals surface area contributed by atoms with Crippen LogP contribution in [0.4, 0.5) is 68.2 Å². The standard InChI is InChI=1S/C60H38B2N4S/c1-5-19-39(20-6-1)63-49-29-15-14-28-45(49)61-47-36-48-55(37-54(47)64(40-21-7-2-8-22-40)51-31-17-30-50(63)59(51)61)65(41-23-9-3-10-24-41)52-32-18-33-53-60(52)62(48)46-35-44-43-27-13-16-34-57(43)67-58(44)38-56(46)66(53)42-25-11-4-12-26-42/h1-38H. The average molecular weight is 869 g/mol. The summed E-state index contributed by atoms with van der Waals surface area (Å²) in [6, 6.07) is 85.9. The molecular weight excluding hydrogens is 830 g/mol. The molecule has 7 heteroatoms. The summed E-state index contributed by atoms with van der Waals surface area (Å²) in [6.45, 7) is -0.0671. The van der Waals surface area contributed by atoms with E-state index < -0.39 is 0 Å². The number of anilines is 12. The van der Waals surface area contributed by atoms with E-state index in [0.29, 0.717) is 0 Å². The quantitative estimate of drug-likeness (QED) is 0.163. The van der Waals surface area contributed by atoms with Crippen molar-refractivity contribution >= 4 is 146 Å². The van der Waals surface area contributed by atoms with E-state index in [1.807, 2.05) is 11.3 Å². The molecule has 0 N–H and O–H groups in total. The van der Waals surface area contributed by atoms with Gasteiger partial charge in [-0.05, 0) is 135 Å². The molecule has 4 aliphatic rings. The van der Waals surface area contributed by atoms with E-state index in [4.69, 9.17) is 0 Å². The molecule has 1 aromatic heterocycles. The molecule has 10 aromatic carbocycles. The summed E-state index contributed by atoms with van der Waals surface area (Å²) in [5.74, 6) is 0. The second-order valence-corrected chi connectivity index (χ2v) is 19.1. The maximum Gasteiger partial charge on any atom is 0.252 e. The highest BCUT2D eigenvalue weighted by molar-refractivity contribution is 7.26. The van der Waals surface area contributed by atoms with Crippen LogP contribution in [-0.4, -0.2) is 13.4 Å². The van der Waals surface area contributed by atoms with Crippen LogP contribution in [0.5, 0.6) is 0 Å². The summed E-state index contributed by atoms with van der Waals surface area (Å²) in [4.78, 5) is 10.1. The summed E-state index contributed by atoms with van der Waals surface area (Å²) < 4.78 is 2.62. The highest BCUT2D eigenvalue weighted by Crippen LogP contribution is 2.49. The van der Waals surface area contributed by atoms with Crippen molar-refractivity contribution in [2.75, 3.05) is 19.6 Å². The monoisotopic (exact) mass is 868 g/mol. The van der Waals surface area contributed by atoms with E-state index in [1.165, 1.54) is 98.4 Å². The summed E-state index contributed by atoms with van der Waals surface area (Å²) in [6.07, 6.45) is 0. The zero-order valence-corrected chi connectivity index (χ0v) is 37.1. The molecule has 15 rings (SSSR count). The van der Waals surface area contributed by atoms with Gasteiger partial charge in [-0.2, -0.15) is 0 Å². The lowest BCUT2D eigenvalue weighted by Gasteiger charge is -2.47. The molecule has 0 atom stereocenters. The van der Waals surface area contributed by atoms with Gasteiger partial charge in [0.05, 0.1) is 0 Å². The van der Waals surface area contributed by atoms with Gasteiger partial charge in [0.1, 0.15) is 0 Å². The second-order valence-electron chi connectivity index (χ2n) is 18.0. The van der Waals surface area contributed by atoms with Gasteiger partial charge in [-0.15, -0.1) is 11.3 Å². The van der Waals surface area contributed by atoms with Gasteiger partial charge in [0.15, 0.2) is 0 Å². The number of thiophene rings is 1. The molecule has 0 saturated heterocycles. The molecule has 0 saturated carbocycles. The number of nitrogens with zero attached hydrogens (tertiary/aromatic N) is 4. The van der Waals surface area contributed by atoms with Gasteiger partial charge in [-0.25, -0.2) is 0 Å². The Morgan fingerprint density at radius 1 is 0.254 bits per heavy atom. The number of benzene rings is 10. The van der Waals surface area contributed by atoms with E-state index in [2.05, 4.69) is 250 Å². The molecular formula is C60H38B2N4S. The fraction of sp³-hybridized carbons (Fsp3) is 0. The topological polar surface area (TPSA) is 13.0 Å². The third kappa shape index (κ3) is 5.20. The largest absolute Gasteiger partial charge is 0.311 e. The Morgan fingerprint density at radius 2 is 0.642 bits per heavy atom. The Labute approximate surface area is 394 Å². The van der Waals surface area contributed by atoms with Gasteiger partial charge >= 0.3 is 0 Å². The molecule has 0 radical (unpaired) electrons. The minimum Gasteiger partial charge on any atom is -0.311 e. The molecule has 0 unspecified atom stereocenters. The number of para-hydroxylation sites is 5. The van der Waals surface area contributed by atoms with Gasteiger partial charge in [0.25, 0.3) is 13.4 Å². The third-order valence-corrected chi connectivity index (χ3v) is 15.7. The van der Waals surface area contributed by atoms with Gasteiger partial charge in [-0.3, -0.25) is 0 Å². The molecule has 0 spiro atoms. The highest BCUT2D eigenvalue weighted by atomic mass is 32.1. The van der Waals surface area contributed by atoms with Crippen molar-refractivity contribution in [3.63, 3.8) is 0 Å². The van der Waals surface area contributed by atoms with Crippen LogP contribution < -0.4 is 52.4 Å². The lowest BCUT2D eigenvalue weighted by molar-refractivity contribution is 1.23. The smallest absolute Gasteiger partial charge is 0.252 e. The first-order valence-corrected chi connectivity index (χ1v) is 24.0. The molecule has 4 aliphatic heterocycles. The van der Waals surface area contributed by atoms with Crippen molar-refractivity contribution in [1.29, 1.82) is 0 Å². The SMILES string of the molecule is c1ccc(N2c3ccccc3B3c4cc5c(cc4N(c4ccccc4)c4cccc2c43)N(c2ccccc2)c2cccc3c2B5c2cc4c(cc2N3c2ccccc2)sc2ccccc24)cc1. The van der Waals surface area contributed by atoms with Crippen LogP contribution in [0, 0.1) is 0 Å². The molecule has 0 aliphatic carbocycles. The van der Waals surface area contributed by atoms with Crippen molar-refractivity contribution in [2.45, 2.75) is 0 Å². The van der Waals surface area contributed by atoms with Crippen LogP contribution in [0.25, 0.3) is 20.2 Å². The first-order chi connectivity index (χ1) is 33.3. The van der Waals surface area contributed by atoms with E-state index in [0.717, 1.165) is 22.7 Å². The first kappa shape index (κ1) is 37.0. The zero-order chi connectivity index (χ0) is 43.7. The highest BCUT2D eigenvalue weighted by Gasteiger charge is 2.48. The van der Waals surface area contributed by atoms with Crippen LogP contribution in [-0.2, 0) is 0 Å². The first-order valence-electron chi connectivity index (χ1n) is 23.2. The average Bonchev–Trinajstić information content (AvgIpc) is 3.76. The van der Waals surface area contributed by atoms with Crippen molar-refractivity contribution in [3.05, 3.63) is 231 Å². The van der Waals surface area contributed by atoms with Gasteiger partial charge in [0.2, 0.25) is 0 Å². The Kier molecular flexibility index (Phi) is 7.80. The van der Waals surface area contributed by atoms with Crippen LogP contribution in [0.15, 0.2) is 231 Å². The number of hydrogen-bond donors (Lipinski definition) is 0. The van der Waals surface area contributed by atoms with Crippen molar-refractivity contribution in [2.24, 2.45) is 0 Å².